The molecule has 4 rings (SSSR count). The van der Waals surface area contributed by atoms with Crippen LogP contribution in [0.1, 0.15) is 52.6 Å². The molecule has 0 bridgehead atoms. The zero-order chi connectivity index (χ0) is 37.4. The minimum atomic E-state index is -4.54. The molecule has 0 aromatic heterocycles. The molecule has 49 heavy (non-hydrogen) atoms. The van der Waals surface area contributed by atoms with Gasteiger partial charge >= 0.3 is 18.3 Å². The summed E-state index contributed by atoms with van der Waals surface area (Å²) in [4.78, 5) is 44.2. The van der Waals surface area contributed by atoms with E-state index in [1.165, 1.54) is 18.2 Å². The summed E-state index contributed by atoms with van der Waals surface area (Å²) in [6, 6.07) is 11.8. The highest BCUT2D eigenvalue weighted by molar-refractivity contribution is 9.10. The van der Waals surface area contributed by atoms with E-state index >= 15 is 0 Å². The topological polar surface area (TPSA) is 179 Å². The Morgan fingerprint density at radius 2 is 1.04 bits per heavy atom. The van der Waals surface area contributed by atoms with Gasteiger partial charge in [-0.1, -0.05) is 0 Å². The number of benzene rings is 4. The maximum atomic E-state index is 13.4. The Hall–Kier alpha value is -5.04. The molecule has 3 amide bonds. The molecule has 0 radical (unpaired) electrons. The third-order valence-corrected chi connectivity index (χ3v) is 7.13. The average molecular weight is 828 g/mol. The van der Waals surface area contributed by atoms with Gasteiger partial charge < -0.3 is 27.6 Å². The highest BCUT2D eigenvalue weighted by Crippen LogP contribution is 2.33. The predicted molar refractivity (Wildman–Crippen MR) is 167 cm³/mol. The number of primary amides is 2. The molecule has 8 N–H and O–H groups in total. The summed E-state index contributed by atoms with van der Waals surface area (Å²) in [7, 11) is 0. The van der Waals surface area contributed by atoms with Crippen molar-refractivity contribution in [3.8, 4) is 0 Å². The molecule has 0 aliphatic rings. The molecule has 0 atom stereocenters. The fourth-order valence-electron chi connectivity index (χ4n) is 3.46. The smallest absolute Gasteiger partial charge is 0.416 e. The van der Waals surface area contributed by atoms with Crippen molar-refractivity contribution < 1.29 is 59.4 Å². The van der Waals surface area contributed by atoms with Crippen LogP contribution >= 0.6 is 31.9 Å². The number of hydrogen-bond donors (Lipinski definition) is 5. The lowest BCUT2D eigenvalue weighted by atomic mass is 10.1. The first kappa shape index (κ1) is 40.1. The molecular formula is C30H20Br2F8N4O5. The van der Waals surface area contributed by atoms with Crippen molar-refractivity contribution >= 4 is 66.9 Å². The SMILES string of the molecule is NC(=O)c1cc(N)ccc1F.NC(=O)c1cc(NC(=O)c2ccc(C(F)(F)F)cc2Br)ccc1F.O=C(O)c1ccc(C(F)(F)F)cc1Br. The Kier molecular flexibility index (Phi) is 13.4. The molecule has 0 saturated carbocycles. The number of carboxylic acids is 1. The van der Waals surface area contributed by atoms with Crippen molar-refractivity contribution in [2.24, 2.45) is 11.5 Å². The Morgan fingerprint density at radius 1 is 0.612 bits per heavy atom. The number of rotatable bonds is 5. The molecular weight excluding hydrogens is 808 g/mol. The summed E-state index contributed by atoms with van der Waals surface area (Å²) in [6.45, 7) is 0. The summed E-state index contributed by atoms with van der Waals surface area (Å²) in [5, 5.41) is 10.9. The molecule has 4 aromatic carbocycles. The van der Waals surface area contributed by atoms with Crippen LogP contribution in [-0.2, 0) is 12.4 Å². The first-order chi connectivity index (χ1) is 22.5. The molecule has 0 fully saturated rings. The van der Waals surface area contributed by atoms with Crippen LogP contribution in [0.5, 0.6) is 0 Å². The minimum absolute atomic E-state index is 0.0621. The summed E-state index contributed by atoms with van der Waals surface area (Å²) < 4.78 is 100. The van der Waals surface area contributed by atoms with Gasteiger partial charge in [0.1, 0.15) is 11.6 Å². The van der Waals surface area contributed by atoms with Crippen LogP contribution in [-0.4, -0.2) is 28.8 Å². The van der Waals surface area contributed by atoms with Gasteiger partial charge in [-0.05, 0) is 105 Å². The van der Waals surface area contributed by atoms with Gasteiger partial charge in [0, 0.05) is 20.3 Å². The molecule has 9 nitrogen and oxygen atoms in total. The second kappa shape index (κ2) is 16.4. The predicted octanol–water partition coefficient (Wildman–Crippen LogP) is 7.63. The van der Waals surface area contributed by atoms with Gasteiger partial charge in [0.2, 0.25) is 0 Å². The highest BCUT2D eigenvalue weighted by atomic mass is 79.9. The van der Waals surface area contributed by atoms with Crippen LogP contribution in [0.3, 0.4) is 0 Å². The number of halogens is 10. The van der Waals surface area contributed by atoms with E-state index < -0.39 is 64.4 Å². The molecule has 0 saturated heterocycles. The van der Waals surface area contributed by atoms with Gasteiger partial charge in [0.15, 0.2) is 0 Å². The number of carbonyl (C=O) groups is 4. The maximum absolute atomic E-state index is 13.4. The van der Waals surface area contributed by atoms with Crippen LogP contribution in [0, 0.1) is 11.6 Å². The van der Waals surface area contributed by atoms with E-state index in [0.29, 0.717) is 5.69 Å². The summed E-state index contributed by atoms with van der Waals surface area (Å²) in [6.07, 6.45) is -9.00. The van der Waals surface area contributed by atoms with E-state index in [2.05, 4.69) is 37.2 Å². The number of alkyl halides is 6. The van der Waals surface area contributed by atoms with E-state index in [4.69, 9.17) is 22.3 Å². The summed E-state index contributed by atoms with van der Waals surface area (Å²) in [5.41, 5.74) is 12.9. The van der Waals surface area contributed by atoms with Crippen molar-refractivity contribution in [2.75, 3.05) is 11.1 Å². The van der Waals surface area contributed by atoms with E-state index in [0.717, 1.165) is 54.6 Å². The lowest BCUT2D eigenvalue weighted by molar-refractivity contribution is -0.138. The Labute approximate surface area is 287 Å². The van der Waals surface area contributed by atoms with Crippen LogP contribution in [0.2, 0.25) is 0 Å². The maximum Gasteiger partial charge on any atom is 0.416 e. The number of amides is 3. The largest absolute Gasteiger partial charge is 0.478 e. The van der Waals surface area contributed by atoms with Crippen molar-refractivity contribution in [1.29, 1.82) is 0 Å². The minimum Gasteiger partial charge on any atom is -0.478 e. The number of nitrogen functional groups attached to an aromatic ring is 1. The number of nitrogens with two attached hydrogens (primary N) is 3. The first-order valence-corrected chi connectivity index (χ1v) is 14.3. The second-order valence-corrected chi connectivity index (χ2v) is 11.0. The van der Waals surface area contributed by atoms with Crippen LogP contribution in [0.15, 0.2) is 81.7 Å². The van der Waals surface area contributed by atoms with Gasteiger partial charge in [-0.2, -0.15) is 26.3 Å². The highest BCUT2D eigenvalue weighted by Gasteiger charge is 2.32. The van der Waals surface area contributed by atoms with Gasteiger partial charge in [0.25, 0.3) is 17.7 Å². The zero-order valence-corrected chi connectivity index (χ0v) is 27.2. The molecule has 0 spiro atoms. The third-order valence-electron chi connectivity index (χ3n) is 5.81. The summed E-state index contributed by atoms with van der Waals surface area (Å²) in [5.74, 6) is -5.33. The van der Waals surface area contributed by atoms with Gasteiger partial charge in [0.05, 0.1) is 33.4 Å². The molecule has 0 unspecified atom stereocenters. The number of nitrogens with one attached hydrogen (secondary N) is 1. The number of hydrogen-bond acceptors (Lipinski definition) is 5. The number of carbonyl (C=O) groups excluding carboxylic acids is 3. The molecule has 0 aliphatic heterocycles. The van der Waals surface area contributed by atoms with Crippen molar-refractivity contribution in [3.05, 3.63) is 127 Å². The van der Waals surface area contributed by atoms with Crippen molar-refractivity contribution in [1.82, 2.24) is 0 Å². The van der Waals surface area contributed by atoms with Crippen LogP contribution in [0.4, 0.5) is 46.5 Å². The number of aromatic carboxylic acids is 1. The van der Waals surface area contributed by atoms with E-state index in [-0.39, 0.29) is 31.3 Å². The Balaban J connectivity index is 0.000000282. The first-order valence-electron chi connectivity index (χ1n) is 12.7. The van der Waals surface area contributed by atoms with E-state index in [9.17, 15) is 54.3 Å². The van der Waals surface area contributed by atoms with Gasteiger partial charge in [-0.25, -0.2) is 13.6 Å². The van der Waals surface area contributed by atoms with Gasteiger partial charge in [-0.15, -0.1) is 0 Å². The zero-order valence-electron chi connectivity index (χ0n) is 24.0. The lowest BCUT2D eigenvalue weighted by Gasteiger charge is -2.11. The van der Waals surface area contributed by atoms with E-state index in [1.807, 2.05) is 0 Å². The fourth-order valence-corrected chi connectivity index (χ4v) is 4.57. The van der Waals surface area contributed by atoms with E-state index in [1.54, 1.807) is 0 Å². The quantitative estimate of drug-likeness (QED) is 0.102. The lowest BCUT2D eigenvalue weighted by Crippen LogP contribution is -2.16. The van der Waals surface area contributed by atoms with Gasteiger partial charge in [-0.3, -0.25) is 14.4 Å². The van der Waals surface area contributed by atoms with Crippen molar-refractivity contribution in [3.63, 3.8) is 0 Å². The standard InChI is InChI=1S/C15H9BrF4N2O2.C8H4BrF3O2.C7H7FN2O/c16-11-5-7(15(18,19)20)1-3-9(11)14(24)22-8-2-4-12(17)10(6-8)13(21)23;9-6-3-4(8(10,11)12)1-2-5(6)7(13)14;8-6-2-1-4(9)3-5(6)7(10)11/h1-6H,(H2,21,23)(H,22,24);1-3H,(H,13,14);1-3H,9H2,(H2,10,11). The molecule has 19 heteroatoms. The van der Waals surface area contributed by atoms with Crippen LogP contribution in [0.25, 0.3) is 0 Å². The molecule has 4 aromatic rings. The Bertz CT molecular complexity index is 1900. The van der Waals surface area contributed by atoms with Crippen LogP contribution < -0.4 is 22.5 Å². The molecule has 0 heterocycles. The number of carboxylic acid groups (broad SMARTS) is 1. The fraction of sp³-hybridized carbons (Fsp3) is 0.0667. The second-order valence-electron chi connectivity index (χ2n) is 9.31. The summed E-state index contributed by atoms with van der Waals surface area (Å²) >= 11 is 5.67. The third kappa shape index (κ3) is 11.6. The Morgan fingerprint density at radius 3 is 1.43 bits per heavy atom. The average Bonchev–Trinajstić information content (AvgIpc) is 2.98. The molecule has 0 aliphatic carbocycles. The van der Waals surface area contributed by atoms with Crippen molar-refractivity contribution in [2.45, 2.75) is 12.4 Å². The molecule has 260 valence electrons. The monoisotopic (exact) mass is 826 g/mol. The normalized spacial score (nSPS) is 10.9. The number of anilines is 2.